The lowest BCUT2D eigenvalue weighted by Crippen LogP contribution is -2.09. The second-order valence-electron chi connectivity index (χ2n) is 3.60. The molecule has 3 nitrogen and oxygen atoms in total. The van der Waals surface area contributed by atoms with E-state index >= 15 is 0 Å². The molecule has 0 bridgehead atoms. The monoisotopic (exact) mass is 253 g/mol. The first-order valence-electron chi connectivity index (χ1n) is 5.63. The molecule has 0 aliphatic rings. The van der Waals surface area contributed by atoms with Gasteiger partial charge in [0, 0.05) is 11.2 Å². The minimum Gasteiger partial charge on any atom is -0.464 e. The number of rotatable bonds is 6. The van der Waals surface area contributed by atoms with Crippen molar-refractivity contribution in [3.8, 4) is 0 Å². The molecule has 0 aliphatic carbocycles. The Morgan fingerprint density at radius 3 is 3.06 bits per heavy atom. The van der Waals surface area contributed by atoms with Crippen LogP contribution in [0.1, 0.15) is 25.3 Å². The van der Waals surface area contributed by atoms with Crippen LogP contribution in [-0.2, 0) is 9.53 Å². The predicted molar refractivity (Wildman–Crippen MR) is 69.8 cm³/mol. The summed E-state index contributed by atoms with van der Waals surface area (Å²) in [5, 5.41) is 0.652. The lowest BCUT2D eigenvalue weighted by molar-refractivity contribution is -0.141. The second kappa shape index (κ2) is 7.85. The zero-order valence-electron chi connectivity index (χ0n) is 9.86. The Morgan fingerprint density at radius 1 is 1.53 bits per heavy atom. The Balaban J connectivity index is 2.32. The number of carbonyl (C=O) groups is 1. The number of carbonyl (C=O) groups excluding carboxylic acids is 1. The number of benzene rings is 1. The minimum atomic E-state index is -0.295. The van der Waals surface area contributed by atoms with Gasteiger partial charge in [-0.15, -0.1) is 0 Å². The van der Waals surface area contributed by atoms with E-state index in [2.05, 4.69) is 4.99 Å². The van der Waals surface area contributed by atoms with Gasteiger partial charge in [-0.1, -0.05) is 37.1 Å². The molecule has 1 rings (SSSR count). The lowest BCUT2D eigenvalue weighted by Gasteiger charge is -2.00. The SMILES string of the molecule is CCCCOC(=O)CN=Cc1cccc(Cl)c1. The van der Waals surface area contributed by atoms with Gasteiger partial charge in [-0.2, -0.15) is 0 Å². The summed E-state index contributed by atoms with van der Waals surface area (Å²) < 4.78 is 4.97. The molecule has 0 atom stereocenters. The number of esters is 1. The highest BCUT2D eigenvalue weighted by Gasteiger charge is 1.99. The van der Waals surface area contributed by atoms with Gasteiger partial charge in [-0.05, 0) is 24.1 Å². The first-order valence-corrected chi connectivity index (χ1v) is 6.01. The van der Waals surface area contributed by atoms with Crippen molar-refractivity contribution >= 4 is 23.8 Å². The van der Waals surface area contributed by atoms with Crippen LogP contribution in [0.4, 0.5) is 0 Å². The topological polar surface area (TPSA) is 38.7 Å². The fourth-order valence-electron chi connectivity index (χ4n) is 1.19. The smallest absolute Gasteiger partial charge is 0.327 e. The highest BCUT2D eigenvalue weighted by atomic mass is 35.5. The summed E-state index contributed by atoms with van der Waals surface area (Å²) in [4.78, 5) is 15.2. The molecule has 0 saturated heterocycles. The Morgan fingerprint density at radius 2 is 2.35 bits per heavy atom. The van der Waals surface area contributed by atoms with Crippen LogP contribution in [0.25, 0.3) is 0 Å². The molecule has 0 saturated carbocycles. The van der Waals surface area contributed by atoms with Gasteiger partial charge in [-0.25, -0.2) is 0 Å². The molecule has 0 amide bonds. The van der Waals surface area contributed by atoms with Crippen molar-refractivity contribution in [1.82, 2.24) is 0 Å². The van der Waals surface area contributed by atoms with Crippen molar-refractivity contribution in [2.75, 3.05) is 13.2 Å². The molecule has 0 aromatic heterocycles. The van der Waals surface area contributed by atoms with Crippen molar-refractivity contribution in [3.05, 3.63) is 34.9 Å². The van der Waals surface area contributed by atoms with E-state index in [0.717, 1.165) is 18.4 Å². The fraction of sp³-hybridized carbons (Fsp3) is 0.385. The molecular formula is C13H16ClNO2. The summed E-state index contributed by atoms with van der Waals surface area (Å²) in [6.45, 7) is 2.57. The Bertz CT molecular complexity index is 391. The van der Waals surface area contributed by atoms with Crippen LogP contribution in [0.2, 0.25) is 5.02 Å². The lowest BCUT2D eigenvalue weighted by atomic mass is 10.2. The van der Waals surface area contributed by atoms with Crippen molar-refractivity contribution in [2.45, 2.75) is 19.8 Å². The number of nitrogens with zero attached hydrogens (tertiary/aromatic N) is 1. The van der Waals surface area contributed by atoms with Crippen LogP contribution in [0.15, 0.2) is 29.3 Å². The van der Waals surface area contributed by atoms with Crippen molar-refractivity contribution in [1.29, 1.82) is 0 Å². The maximum Gasteiger partial charge on any atom is 0.327 e. The molecule has 0 heterocycles. The molecule has 0 radical (unpaired) electrons. The zero-order valence-corrected chi connectivity index (χ0v) is 10.6. The van der Waals surface area contributed by atoms with Crippen LogP contribution >= 0.6 is 11.6 Å². The first kappa shape index (κ1) is 13.7. The van der Waals surface area contributed by atoms with Gasteiger partial charge in [0.1, 0.15) is 6.54 Å². The molecule has 0 fully saturated rings. The third-order valence-electron chi connectivity index (χ3n) is 2.07. The largest absolute Gasteiger partial charge is 0.464 e. The summed E-state index contributed by atoms with van der Waals surface area (Å²) in [6.07, 6.45) is 3.52. The van der Waals surface area contributed by atoms with Crippen LogP contribution in [0.3, 0.4) is 0 Å². The van der Waals surface area contributed by atoms with Crippen molar-refractivity contribution in [2.24, 2.45) is 4.99 Å². The summed E-state index contributed by atoms with van der Waals surface area (Å²) in [6, 6.07) is 7.28. The molecular weight excluding hydrogens is 238 g/mol. The fourth-order valence-corrected chi connectivity index (χ4v) is 1.39. The summed E-state index contributed by atoms with van der Waals surface area (Å²) >= 11 is 5.82. The number of aliphatic imine (C=N–C) groups is 1. The van der Waals surface area contributed by atoms with Crippen molar-refractivity contribution in [3.63, 3.8) is 0 Å². The minimum absolute atomic E-state index is 0.0518. The number of hydrogen-bond donors (Lipinski definition) is 0. The van der Waals surface area contributed by atoms with E-state index < -0.39 is 0 Å². The van der Waals surface area contributed by atoms with E-state index in [1.54, 1.807) is 18.3 Å². The summed E-state index contributed by atoms with van der Waals surface area (Å²) in [5.41, 5.74) is 0.874. The quantitative estimate of drug-likeness (QED) is 0.444. The molecule has 0 aliphatic heterocycles. The number of ether oxygens (including phenoxy) is 1. The molecule has 4 heteroatoms. The molecule has 0 unspecified atom stereocenters. The van der Waals surface area contributed by atoms with E-state index in [0.29, 0.717) is 11.6 Å². The number of unbranched alkanes of at least 4 members (excludes halogenated alkanes) is 1. The molecule has 1 aromatic carbocycles. The van der Waals surface area contributed by atoms with Crippen LogP contribution in [0, 0.1) is 0 Å². The maximum absolute atomic E-state index is 11.2. The van der Waals surface area contributed by atoms with Gasteiger partial charge in [0.25, 0.3) is 0 Å². The van der Waals surface area contributed by atoms with Crippen molar-refractivity contribution < 1.29 is 9.53 Å². The molecule has 1 aromatic rings. The van der Waals surface area contributed by atoms with Crippen LogP contribution in [0.5, 0.6) is 0 Å². The normalized spacial score (nSPS) is 10.7. The predicted octanol–water partition coefficient (Wildman–Crippen LogP) is 3.10. The van der Waals surface area contributed by atoms with E-state index in [9.17, 15) is 4.79 Å². The highest BCUT2D eigenvalue weighted by molar-refractivity contribution is 6.30. The standard InChI is InChI=1S/C13H16ClNO2/c1-2-3-7-17-13(16)10-15-9-11-5-4-6-12(14)8-11/h4-6,8-9H,2-3,7,10H2,1H3. The highest BCUT2D eigenvalue weighted by Crippen LogP contribution is 2.08. The summed E-state index contributed by atoms with van der Waals surface area (Å²) in [5.74, 6) is -0.295. The average Bonchev–Trinajstić information content (AvgIpc) is 2.29. The van der Waals surface area contributed by atoms with E-state index in [4.69, 9.17) is 16.3 Å². The Hall–Kier alpha value is -1.35. The van der Waals surface area contributed by atoms with Gasteiger partial charge in [-0.3, -0.25) is 9.79 Å². The van der Waals surface area contributed by atoms with Gasteiger partial charge in [0.05, 0.1) is 6.61 Å². The molecule has 0 spiro atoms. The van der Waals surface area contributed by atoms with Gasteiger partial charge >= 0.3 is 5.97 Å². The van der Waals surface area contributed by atoms with E-state index in [1.165, 1.54) is 0 Å². The number of halogens is 1. The number of hydrogen-bond acceptors (Lipinski definition) is 3. The van der Waals surface area contributed by atoms with Crippen LogP contribution < -0.4 is 0 Å². The van der Waals surface area contributed by atoms with E-state index in [1.807, 2.05) is 19.1 Å². The molecule has 92 valence electrons. The molecule has 0 N–H and O–H groups in total. The average molecular weight is 254 g/mol. The second-order valence-corrected chi connectivity index (χ2v) is 4.04. The first-order chi connectivity index (χ1) is 8.22. The van der Waals surface area contributed by atoms with Crippen LogP contribution in [-0.4, -0.2) is 25.3 Å². The Kier molecular flexibility index (Phi) is 6.33. The summed E-state index contributed by atoms with van der Waals surface area (Å²) in [7, 11) is 0. The van der Waals surface area contributed by atoms with Gasteiger partial charge < -0.3 is 4.74 Å². The Labute approximate surface area is 106 Å². The molecule has 17 heavy (non-hydrogen) atoms. The van der Waals surface area contributed by atoms with Gasteiger partial charge in [0.2, 0.25) is 0 Å². The van der Waals surface area contributed by atoms with E-state index in [-0.39, 0.29) is 12.5 Å². The maximum atomic E-state index is 11.2. The third-order valence-corrected chi connectivity index (χ3v) is 2.31. The third kappa shape index (κ3) is 6.07. The van der Waals surface area contributed by atoms with Gasteiger partial charge in [0.15, 0.2) is 0 Å². The zero-order chi connectivity index (χ0) is 12.5.